The van der Waals surface area contributed by atoms with Crippen molar-refractivity contribution in [3.63, 3.8) is 0 Å². The summed E-state index contributed by atoms with van der Waals surface area (Å²) in [7, 11) is 1.67. The Bertz CT molecular complexity index is 955. The second-order valence-corrected chi connectivity index (χ2v) is 7.47. The number of carbonyl (C=O) groups excluding carboxylic acids is 1. The fraction of sp³-hybridized carbons (Fsp3) is 0.286. The van der Waals surface area contributed by atoms with E-state index in [9.17, 15) is 4.79 Å². The number of nitrogens with zero attached hydrogens (tertiary/aromatic N) is 3. The molecule has 3 rings (SSSR count). The van der Waals surface area contributed by atoms with Crippen molar-refractivity contribution in [2.45, 2.75) is 25.5 Å². The molecule has 28 heavy (non-hydrogen) atoms. The highest BCUT2D eigenvalue weighted by Crippen LogP contribution is 2.25. The van der Waals surface area contributed by atoms with Gasteiger partial charge in [-0.25, -0.2) is 0 Å². The Morgan fingerprint density at radius 3 is 2.57 bits per heavy atom. The number of benzene rings is 2. The molecule has 1 aromatic heterocycles. The monoisotopic (exact) mass is 396 g/mol. The number of carbonyl (C=O) groups is 1. The number of rotatable bonds is 8. The van der Waals surface area contributed by atoms with Crippen LogP contribution in [-0.2, 0) is 16.1 Å². The summed E-state index contributed by atoms with van der Waals surface area (Å²) < 4.78 is 7.24. The fourth-order valence-electron chi connectivity index (χ4n) is 2.83. The molecular weight excluding hydrogens is 372 g/mol. The van der Waals surface area contributed by atoms with E-state index >= 15 is 0 Å². The lowest BCUT2D eigenvalue weighted by atomic mass is 10.1. The lowest BCUT2D eigenvalue weighted by Gasteiger charge is -2.10. The third kappa shape index (κ3) is 5.21. The molecule has 0 bridgehead atoms. The standard InChI is InChI=1S/C21H24N4O2S/c1-15-6-4-8-17(12-15)20-23-24-21(25(20)10-11-27-3)28-14-19(26)22-18-9-5-7-16(2)13-18/h4-9,12-13H,10-11,14H2,1-3H3,(H,22,26). The van der Waals surface area contributed by atoms with Gasteiger partial charge in [0.1, 0.15) is 0 Å². The minimum atomic E-state index is -0.0750. The summed E-state index contributed by atoms with van der Waals surface area (Å²) in [5.74, 6) is 0.962. The molecule has 1 amide bonds. The number of aryl methyl sites for hydroxylation is 2. The van der Waals surface area contributed by atoms with Crippen molar-refractivity contribution in [2.75, 3.05) is 24.8 Å². The zero-order valence-corrected chi connectivity index (χ0v) is 17.1. The third-order valence-electron chi connectivity index (χ3n) is 4.15. The van der Waals surface area contributed by atoms with E-state index in [-0.39, 0.29) is 11.7 Å². The van der Waals surface area contributed by atoms with E-state index in [1.807, 2.05) is 60.9 Å². The van der Waals surface area contributed by atoms with Crippen LogP contribution in [-0.4, -0.2) is 40.1 Å². The molecule has 0 spiro atoms. The molecular formula is C21H24N4O2S. The van der Waals surface area contributed by atoms with Gasteiger partial charge in [-0.3, -0.25) is 9.36 Å². The van der Waals surface area contributed by atoms with Crippen molar-refractivity contribution in [2.24, 2.45) is 0 Å². The van der Waals surface area contributed by atoms with Crippen LogP contribution in [0.1, 0.15) is 11.1 Å². The molecule has 2 aromatic carbocycles. The minimum absolute atomic E-state index is 0.0750. The second-order valence-electron chi connectivity index (χ2n) is 6.53. The second kappa shape index (κ2) is 9.52. The third-order valence-corrected chi connectivity index (χ3v) is 5.11. The molecule has 1 heterocycles. The van der Waals surface area contributed by atoms with Gasteiger partial charge >= 0.3 is 0 Å². The van der Waals surface area contributed by atoms with Gasteiger partial charge < -0.3 is 10.1 Å². The molecule has 0 atom stereocenters. The number of nitrogens with one attached hydrogen (secondary N) is 1. The Kier molecular flexibility index (Phi) is 6.84. The van der Waals surface area contributed by atoms with E-state index in [1.54, 1.807) is 7.11 Å². The van der Waals surface area contributed by atoms with Gasteiger partial charge in [-0.15, -0.1) is 10.2 Å². The van der Waals surface area contributed by atoms with Gasteiger partial charge in [-0.2, -0.15) is 0 Å². The molecule has 0 unspecified atom stereocenters. The Balaban J connectivity index is 1.73. The molecule has 0 aliphatic carbocycles. The summed E-state index contributed by atoms with van der Waals surface area (Å²) >= 11 is 1.37. The van der Waals surface area contributed by atoms with E-state index < -0.39 is 0 Å². The first-order valence-electron chi connectivity index (χ1n) is 9.05. The maximum absolute atomic E-state index is 12.3. The number of thioether (sulfide) groups is 1. The molecule has 1 N–H and O–H groups in total. The van der Waals surface area contributed by atoms with Gasteiger partial charge in [0.15, 0.2) is 11.0 Å². The maximum atomic E-state index is 12.3. The molecule has 7 heteroatoms. The van der Waals surface area contributed by atoms with E-state index in [0.717, 1.165) is 28.2 Å². The summed E-state index contributed by atoms with van der Waals surface area (Å²) in [4.78, 5) is 12.3. The SMILES string of the molecule is COCCn1c(SCC(=O)Nc2cccc(C)c2)nnc1-c1cccc(C)c1. The van der Waals surface area contributed by atoms with Gasteiger partial charge in [-0.1, -0.05) is 47.7 Å². The zero-order valence-electron chi connectivity index (χ0n) is 16.3. The first-order valence-corrected chi connectivity index (χ1v) is 10.0. The van der Waals surface area contributed by atoms with E-state index in [2.05, 4.69) is 21.6 Å². The Labute approximate surface area is 169 Å². The summed E-state index contributed by atoms with van der Waals surface area (Å²) in [6.45, 7) is 5.20. The van der Waals surface area contributed by atoms with Gasteiger partial charge in [0.05, 0.1) is 18.9 Å². The number of hydrogen-bond donors (Lipinski definition) is 1. The molecule has 0 radical (unpaired) electrons. The van der Waals surface area contributed by atoms with Crippen molar-refractivity contribution in [1.82, 2.24) is 14.8 Å². The molecule has 3 aromatic rings. The Morgan fingerprint density at radius 1 is 1.11 bits per heavy atom. The average molecular weight is 397 g/mol. The molecule has 0 fully saturated rings. The van der Waals surface area contributed by atoms with Gasteiger partial charge in [0.25, 0.3) is 0 Å². The number of ether oxygens (including phenoxy) is 1. The Hall–Kier alpha value is -2.64. The fourth-order valence-corrected chi connectivity index (χ4v) is 3.59. The highest BCUT2D eigenvalue weighted by Gasteiger charge is 2.16. The van der Waals surface area contributed by atoms with Crippen molar-refractivity contribution >= 4 is 23.4 Å². The van der Waals surface area contributed by atoms with Crippen LogP contribution >= 0.6 is 11.8 Å². The normalized spacial score (nSPS) is 10.8. The van der Waals surface area contributed by atoms with Crippen LogP contribution in [0.5, 0.6) is 0 Å². The van der Waals surface area contributed by atoms with E-state index in [0.29, 0.717) is 18.3 Å². The van der Waals surface area contributed by atoms with Crippen LogP contribution in [0.4, 0.5) is 5.69 Å². The van der Waals surface area contributed by atoms with Gasteiger partial charge in [0.2, 0.25) is 5.91 Å². The number of hydrogen-bond acceptors (Lipinski definition) is 5. The van der Waals surface area contributed by atoms with Crippen LogP contribution in [0, 0.1) is 13.8 Å². The first kappa shape index (κ1) is 20.1. The van der Waals surface area contributed by atoms with Crippen LogP contribution < -0.4 is 5.32 Å². The summed E-state index contributed by atoms with van der Waals surface area (Å²) in [6.07, 6.45) is 0. The van der Waals surface area contributed by atoms with Crippen molar-refractivity contribution < 1.29 is 9.53 Å². The van der Waals surface area contributed by atoms with Crippen LogP contribution in [0.25, 0.3) is 11.4 Å². The lowest BCUT2D eigenvalue weighted by Crippen LogP contribution is -2.15. The lowest BCUT2D eigenvalue weighted by molar-refractivity contribution is -0.113. The zero-order chi connectivity index (χ0) is 19.9. The average Bonchev–Trinajstić information content (AvgIpc) is 3.07. The van der Waals surface area contributed by atoms with Crippen molar-refractivity contribution in [3.8, 4) is 11.4 Å². The molecule has 0 aliphatic heterocycles. The smallest absolute Gasteiger partial charge is 0.234 e. The van der Waals surface area contributed by atoms with E-state index in [1.165, 1.54) is 11.8 Å². The van der Waals surface area contributed by atoms with Gasteiger partial charge in [-0.05, 0) is 37.6 Å². The molecule has 146 valence electrons. The molecule has 0 aliphatic rings. The molecule has 6 nitrogen and oxygen atoms in total. The molecule has 0 saturated carbocycles. The van der Waals surface area contributed by atoms with Crippen LogP contribution in [0.3, 0.4) is 0 Å². The number of anilines is 1. The predicted octanol–water partition coefficient (Wildman–Crippen LogP) is 3.94. The van der Waals surface area contributed by atoms with Gasteiger partial charge in [0, 0.05) is 18.4 Å². The number of methoxy groups -OCH3 is 1. The van der Waals surface area contributed by atoms with E-state index in [4.69, 9.17) is 4.74 Å². The van der Waals surface area contributed by atoms with Crippen molar-refractivity contribution in [1.29, 1.82) is 0 Å². The largest absolute Gasteiger partial charge is 0.383 e. The minimum Gasteiger partial charge on any atom is -0.383 e. The predicted molar refractivity (Wildman–Crippen MR) is 113 cm³/mol. The number of amides is 1. The topological polar surface area (TPSA) is 69.0 Å². The highest BCUT2D eigenvalue weighted by atomic mass is 32.2. The number of aromatic nitrogens is 3. The summed E-state index contributed by atoms with van der Waals surface area (Å²) in [5.41, 5.74) is 4.06. The summed E-state index contributed by atoms with van der Waals surface area (Å²) in [5, 5.41) is 12.3. The Morgan fingerprint density at radius 2 is 1.86 bits per heavy atom. The molecule has 0 saturated heterocycles. The van der Waals surface area contributed by atoms with Crippen LogP contribution in [0.15, 0.2) is 53.7 Å². The maximum Gasteiger partial charge on any atom is 0.234 e. The van der Waals surface area contributed by atoms with Crippen LogP contribution in [0.2, 0.25) is 0 Å². The summed E-state index contributed by atoms with van der Waals surface area (Å²) in [6, 6.07) is 15.9. The quantitative estimate of drug-likeness (QED) is 0.584. The first-order chi connectivity index (χ1) is 13.6. The highest BCUT2D eigenvalue weighted by molar-refractivity contribution is 7.99. The van der Waals surface area contributed by atoms with Crippen molar-refractivity contribution in [3.05, 3.63) is 59.7 Å².